The van der Waals surface area contributed by atoms with Crippen molar-refractivity contribution in [1.82, 2.24) is 10.6 Å². The van der Waals surface area contributed by atoms with Crippen LogP contribution in [0.4, 0.5) is 0 Å². The Bertz CT molecular complexity index is 431. The van der Waals surface area contributed by atoms with Gasteiger partial charge in [0, 0.05) is 17.1 Å². The van der Waals surface area contributed by atoms with Crippen molar-refractivity contribution in [1.29, 1.82) is 0 Å². The van der Waals surface area contributed by atoms with Crippen molar-refractivity contribution >= 4 is 29.9 Å². The summed E-state index contributed by atoms with van der Waals surface area (Å²) in [5, 5.41) is 6.99. The minimum atomic E-state index is -0.0132. The van der Waals surface area contributed by atoms with Gasteiger partial charge in [-0.3, -0.25) is 4.79 Å². The first-order valence-corrected chi connectivity index (χ1v) is 6.79. The number of benzene rings is 1. The van der Waals surface area contributed by atoms with Crippen LogP contribution in [0.5, 0.6) is 0 Å². The highest BCUT2D eigenvalue weighted by molar-refractivity contribution is 6.31. The van der Waals surface area contributed by atoms with Gasteiger partial charge in [-0.15, -0.1) is 12.4 Å². The molecule has 106 valence electrons. The predicted octanol–water partition coefficient (Wildman–Crippen LogP) is 2.80. The molecule has 1 aliphatic rings. The lowest BCUT2D eigenvalue weighted by Gasteiger charge is -2.10. The van der Waals surface area contributed by atoms with Crippen LogP contribution in [0.3, 0.4) is 0 Å². The van der Waals surface area contributed by atoms with Crippen molar-refractivity contribution in [2.45, 2.75) is 19.8 Å². The summed E-state index contributed by atoms with van der Waals surface area (Å²) in [5.74, 6) is 0.693. The Balaban J connectivity index is 0.00000180. The van der Waals surface area contributed by atoms with Gasteiger partial charge in [-0.05, 0) is 62.5 Å². The topological polar surface area (TPSA) is 41.1 Å². The van der Waals surface area contributed by atoms with Crippen molar-refractivity contribution in [3.05, 3.63) is 34.3 Å². The third kappa shape index (κ3) is 4.68. The Kier molecular flexibility index (Phi) is 6.63. The molecule has 1 saturated heterocycles. The summed E-state index contributed by atoms with van der Waals surface area (Å²) < 4.78 is 0. The molecule has 3 nitrogen and oxygen atoms in total. The van der Waals surface area contributed by atoms with Gasteiger partial charge in [0.25, 0.3) is 5.91 Å². The van der Waals surface area contributed by atoms with Crippen molar-refractivity contribution in [3.63, 3.8) is 0 Å². The molecule has 0 bridgehead atoms. The fraction of sp³-hybridized carbons (Fsp3) is 0.500. The zero-order valence-electron chi connectivity index (χ0n) is 11.0. The minimum Gasteiger partial charge on any atom is -0.352 e. The molecule has 0 saturated carbocycles. The molecule has 0 aromatic heterocycles. The van der Waals surface area contributed by atoms with Crippen molar-refractivity contribution in [2.24, 2.45) is 5.92 Å². The lowest BCUT2D eigenvalue weighted by Crippen LogP contribution is -2.26. The Morgan fingerprint density at radius 3 is 2.95 bits per heavy atom. The van der Waals surface area contributed by atoms with Crippen LogP contribution >= 0.6 is 24.0 Å². The molecule has 1 amide bonds. The third-order valence-corrected chi connectivity index (χ3v) is 3.84. The van der Waals surface area contributed by atoms with E-state index in [9.17, 15) is 4.79 Å². The van der Waals surface area contributed by atoms with E-state index in [0.29, 0.717) is 16.5 Å². The molecule has 1 aromatic carbocycles. The van der Waals surface area contributed by atoms with Gasteiger partial charge in [0.2, 0.25) is 0 Å². The summed E-state index contributed by atoms with van der Waals surface area (Å²) in [6, 6.07) is 5.36. The first-order chi connectivity index (χ1) is 8.66. The number of aryl methyl sites for hydroxylation is 1. The van der Waals surface area contributed by atoms with Gasteiger partial charge in [-0.2, -0.15) is 0 Å². The lowest BCUT2D eigenvalue weighted by atomic mass is 10.1. The highest BCUT2D eigenvalue weighted by Gasteiger charge is 2.14. The second kappa shape index (κ2) is 7.73. The van der Waals surface area contributed by atoms with Crippen molar-refractivity contribution in [3.8, 4) is 0 Å². The quantitative estimate of drug-likeness (QED) is 0.898. The van der Waals surface area contributed by atoms with Gasteiger partial charge in [-0.25, -0.2) is 0 Å². The van der Waals surface area contributed by atoms with Crippen LogP contribution in [0.15, 0.2) is 18.2 Å². The van der Waals surface area contributed by atoms with Crippen LogP contribution in [0.1, 0.15) is 28.8 Å². The smallest absolute Gasteiger partial charge is 0.251 e. The standard InChI is InChI=1S/C14H19ClN2O.ClH/c1-10-8-12(2-3-13(10)15)14(18)17-7-5-11-4-6-16-9-11;/h2-3,8,11,16H,4-7,9H2,1H3,(H,17,18);1H. The van der Waals surface area contributed by atoms with E-state index in [1.165, 1.54) is 6.42 Å². The highest BCUT2D eigenvalue weighted by Crippen LogP contribution is 2.16. The molecular formula is C14H20Cl2N2O. The highest BCUT2D eigenvalue weighted by atomic mass is 35.5. The Labute approximate surface area is 125 Å². The molecule has 1 fully saturated rings. The fourth-order valence-electron chi connectivity index (χ4n) is 2.24. The maximum Gasteiger partial charge on any atom is 0.251 e. The number of amides is 1. The summed E-state index contributed by atoms with van der Waals surface area (Å²) in [7, 11) is 0. The Morgan fingerprint density at radius 2 is 2.32 bits per heavy atom. The molecule has 0 spiro atoms. The zero-order valence-corrected chi connectivity index (χ0v) is 12.6. The molecule has 1 atom stereocenters. The van der Waals surface area contributed by atoms with E-state index in [-0.39, 0.29) is 18.3 Å². The summed E-state index contributed by atoms with van der Waals surface area (Å²) in [5.41, 5.74) is 1.62. The predicted molar refractivity (Wildman–Crippen MR) is 81.4 cm³/mol. The largest absolute Gasteiger partial charge is 0.352 e. The number of hydrogen-bond donors (Lipinski definition) is 2. The normalized spacial score (nSPS) is 17.9. The van der Waals surface area contributed by atoms with E-state index in [1.807, 2.05) is 13.0 Å². The molecule has 1 heterocycles. The van der Waals surface area contributed by atoms with E-state index >= 15 is 0 Å². The zero-order chi connectivity index (χ0) is 13.0. The number of halogens is 2. The fourth-order valence-corrected chi connectivity index (χ4v) is 2.36. The van der Waals surface area contributed by atoms with Crippen LogP contribution in [0.2, 0.25) is 5.02 Å². The van der Waals surface area contributed by atoms with Crippen LogP contribution < -0.4 is 10.6 Å². The molecule has 1 unspecified atom stereocenters. The van der Waals surface area contributed by atoms with Crippen LogP contribution in [0, 0.1) is 12.8 Å². The van der Waals surface area contributed by atoms with Gasteiger partial charge in [0.1, 0.15) is 0 Å². The number of rotatable bonds is 4. The van der Waals surface area contributed by atoms with Crippen molar-refractivity contribution in [2.75, 3.05) is 19.6 Å². The Morgan fingerprint density at radius 1 is 1.53 bits per heavy atom. The van der Waals surface area contributed by atoms with E-state index < -0.39 is 0 Å². The lowest BCUT2D eigenvalue weighted by molar-refractivity contribution is 0.0951. The number of carbonyl (C=O) groups is 1. The Hall–Kier alpha value is -0.770. The maximum absolute atomic E-state index is 11.9. The molecule has 5 heteroatoms. The summed E-state index contributed by atoms with van der Waals surface area (Å²) in [6.45, 7) is 4.83. The molecule has 0 aliphatic carbocycles. The molecule has 1 aliphatic heterocycles. The van der Waals surface area contributed by atoms with E-state index in [2.05, 4.69) is 10.6 Å². The minimum absolute atomic E-state index is 0. The van der Waals surface area contributed by atoms with E-state index in [0.717, 1.165) is 31.6 Å². The van der Waals surface area contributed by atoms with Crippen LogP contribution in [-0.2, 0) is 0 Å². The van der Waals surface area contributed by atoms with E-state index in [4.69, 9.17) is 11.6 Å². The summed E-state index contributed by atoms with van der Waals surface area (Å²) >= 11 is 5.94. The van der Waals surface area contributed by atoms with Crippen molar-refractivity contribution < 1.29 is 4.79 Å². The molecular weight excluding hydrogens is 283 g/mol. The maximum atomic E-state index is 11.9. The SMILES string of the molecule is Cc1cc(C(=O)NCCC2CCNC2)ccc1Cl.Cl. The average Bonchev–Trinajstić information content (AvgIpc) is 2.85. The second-order valence-corrected chi connectivity index (χ2v) is 5.27. The van der Waals surface area contributed by atoms with Crippen LogP contribution in [-0.4, -0.2) is 25.5 Å². The van der Waals surface area contributed by atoms with Crippen LogP contribution in [0.25, 0.3) is 0 Å². The van der Waals surface area contributed by atoms with Gasteiger partial charge in [0.05, 0.1) is 0 Å². The summed E-state index contributed by atoms with van der Waals surface area (Å²) in [6.07, 6.45) is 2.27. The van der Waals surface area contributed by atoms with Gasteiger partial charge in [0.15, 0.2) is 0 Å². The molecule has 0 radical (unpaired) electrons. The molecule has 19 heavy (non-hydrogen) atoms. The number of carbonyl (C=O) groups excluding carboxylic acids is 1. The van der Waals surface area contributed by atoms with E-state index in [1.54, 1.807) is 12.1 Å². The molecule has 1 aromatic rings. The number of nitrogens with one attached hydrogen (secondary N) is 2. The monoisotopic (exact) mass is 302 g/mol. The summed E-state index contributed by atoms with van der Waals surface area (Å²) in [4.78, 5) is 11.9. The molecule has 2 N–H and O–H groups in total. The first kappa shape index (κ1) is 16.3. The van der Waals surface area contributed by atoms with Gasteiger partial charge in [-0.1, -0.05) is 11.6 Å². The third-order valence-electron chi connectivity index (χ3n) is 3.42. The first-order valence-electron chi connectivity index (χ1n) is 6.42. The average molecular weight is 303 g/mol. The van der Waals surface area contributed by atoms with Gasteiger partial charge >= 0.3 is 0 Å². The number of hydrogen-bond acceptors (Lipinski definition) is 2. The van der Waals surface area contributed by atoms with Gasteiger partial charge < -0.3 is 10.6 Å². The second-order valence-electron chi connectivity index (χ2n) is 4.87. The molecule has 2 rings (SSSR count).